The second kappa shape index (κ2) is 5.08. The fraction of sp³-hybridized carbons (Fsp3) is 0.375. The van der Waals surface area contributed by atoms with Gasteiger partial charge in [-0.3, -0.25) is 4.57 Å². The number of alkyl halides is 2. The fourth-order valence-corrected chi connectivity index (χ4v) is 3.61. The Labute approximate surface area is 141 Å². The third-order valence-corrected chi connectivity index (χ3v) is 5.04. The predicted molar refractivity (Wildman–Crippen MR) is 85.1 cm³/mol. The maximum absolute atomic E-state index is 13.5. The van der Waals surface area contributed by atoms with E-state index in [0.29, 0.717) is 37.1 Å². The van der Waals surface area contributed by atoms with Gasteiger partial charge in [0.2, 0.25) is 5.95 Å². The molecule has 1 aliphatic heterocycles. The van der Waals surface area contributed by atoms with Crippen molar-refractivity contribution in [1.29, 1.82) is 0 Å². The van der Waals surface area contributed by atoms with Crippen LogP contribution in [0.2, 0.25) is 0 Å². The summed E-state index contributed by atoms with van der Waals surface area (Å²) in [4.78, 5) is 1.90. The summed E-state index contributed by atoms with van der Waals surface area (Å²) in [6.07, 6.45) is 1.57. The number of halogens is 2. The number of piperidine rings is 1. The molecule has 2 atom stereocenters. The van der Waals surface area contributed by atoms with Gasteiger partial charge in [0.15, 0.2) is 5.82 Å². The zero-order valence-electron chi connectivity index (χ0n) is 13.2. The zero-order valence-corrected chi connectivity index (χ0v) is 13.2. The van der Waals surface area contributed by atoms with Crippen molar-refractivity contribution in [2.75, 3.05) is 18.0 Å². The van der Waals surface area contributed by atoms with E-state index >= 15 is 0 Å². The highest BCUT2D eigenvalue weighted by molar-refractivity contribution is 5.52. The Hall–Kier alpha value is -2.84. The topological polar surface area (TPSA) is 75.5 Å². The molecule has 5 rings (SSSR count). The van der Waals surface area contributed by atoms with E-state index in [1.54, 1.807) is 6.20 Å². The van der Waals surface area contributed by atoms with Crippen molar-refractivity contribution in [3.8, 4) is 11.5 Å². The van der Waals surface area contributed by atoms with Crippen molar-refractivity contribution in [2.24, 2.45) is 11.8 Å². The molecule has 1 saturated carbocycles. The standard InChI is InChI=1S/C16H15F2N7/c17-16(18)11-8-24(9-12(11)16)15-22-21-14(13-6-19-23-20-13)25(15)7-10-4-2-1-3-5-10/h1-6,11-12H,7-9H2,(H,19,20,23). The molecule has 0 spiro atoms. The summed E-state index contributed by atoms with van der Waals surface area (Å²) in [5.41, 5.74) is 1.65. The SMILES string of the molecule is FC1(F)C2CN(c3nnc(-c4cn[nH]n4)n3Cc3ccccc3)CC21. The van der Waals surface area contributed by atoms with Crippen LogP contribution in [0.25, 0.3) is 11.5 Å². The summed E-state index contributed by atoms with van der Waals surface area (Å²) in [6.45, 7) is 1.15. The van der Waals surface area contributed by atoms with Crippen LogP contribution in [-0.2, 0) is 6.54 Å². The molecule has 1 aromatic carbocycles. The van der Waals surface area contributed by atoms with Gasteiger partial charge < -0.3 is 4.90 Å². The number of fused-ring (bicyclic) bond motifs is 1. The molecule has 0 bridgehead atoms. The largest absolute Gasteiger partial charge is 0.340 e. The molecule has 2 unspecified atom stereocenters. The first-order chi connectivity index (χ1) is 12.1. The first-order valence-electron chi connectivity index (χ1n) is 8.10. The lowest BCUT2D eigenvalue weighted by molar-refractivity contribution is 0.0795. The van der Waals surface area contributed by atoms with Gasteiger partial charge in [-0.1, -0.05) is 30.3 Å². The van der Waals surface area contributed by atoms with Crippen LogP contribution in [0.15, 0.2) is 36.5 Å². The van der Waals surface area contributed by atoms with Gasteiger partial charge in [0.25, 0.3) is 5.92 Å². The summed E-state index contributed by atoms with van der Waals surface area (Å²) in [6, 6.07) is 9.88. The van der Waals surface area contributed by atoms with Crippen LogP contribution in [0.5, 0.6) is 0 Å². The highest BCUT2D eigenvalue weighted by Gasteiger charge is 2.72. The number of hydrogen-bond donors (Lipinski definition) is 1. The number of nitrogens with one attached hydrogen (secondary N) is 1. The maximum atomic E-state index is 13.5. The molecule has 2 aromatic heterocycles. The lowest BCUT2D eigenvalue weighted by Crippen LogP contribution is -2.30. The van der Waals surface area contributed by atoms with Gasteiger partial charge in [-0.2, -0.15) is 15.4 Å². The molecule has 3 aromatic rings. The van der Waals surface area contributed by atoms with Crippen molar-refractivity contribution in [3.63, 3.8) is 0 Å². The number of benzene rings is 1. The predicted octanol–water partition coefficient (Wildman–Crippen LogP) is 1.81. The van der Waals surface area contributed by atoms with E-state index in [9.17, 15) is 8.78 Å². The second-order valence-corrected chi connectivity index (χ2v) is 6.54. The molecule has 9 heteroatoms. The number of aromatic amines is 1. The summed E-state index contributed by atoms with van der Waals surface area (Å²) in [7, 11) is 0. The highest BCUT2D eigenvalue weighted by Crippen LogP contribution is 2.59. The second-order valence-electron chi connectivity index (χ2n) is 6.54. The quantitative estimate of drug-likeness (QED) is 0.782. The molecule has 1 saturated heterocycles. The number of aromatic nitrogens is 6. The van der Waals surface area contributed by atoms with Crippen molar-refractivity contribution < 1.29 is 8.78 Å². The van der Waals surface area contributed by atoms with Crippen LogP contribution in [0.1, 0.15) is 5.56 Å². The molecule has 3 heterocycles. The lowest BCUT2D eigenvalue weighted by atomic mass is 10.2. The fourth-order valence-electron chi connectivity index (χ4n) is 3.61. The van der Waals surface area contributed by atoms with Crippen LogP contribution in [0.3, 0.4) is 0 Å². The van der Waals surface area contributed by atoms with Gasteiger partial charge in [-0.15, -0.1) is 10.2 Å². The average molecular weight is 343 g/mol. The Morgan fingerprint density at radius 2 is 1.88 bits per heavy atom. The minimum absolute atomic E-state index is 0.309. The molecule has 1 N–H and O–H groups in total. The van der Waals surface area contributed by atoms with Gasteiger partial charge in [0.1, 0.15) is 5.69 Å². The van der Waals surface area contributed by atoms with Crippen LogP contribution < -0.4 is 4.90 Å². The molecule has 2 fully saturated rings. The number of H-pyrrole nitrogens is 1. The monoisotopic (exact) mass is 343 g/mol. The minimum atomic E-state index is -2.52. The van der Waals surface area contributed by atoms with Crippen LogP contribution >= 0.6 is 0 Å². The van der Waals surface area contributed by atoms with Crippen molar-refractivity contribution >= 4 is 5.95 Å². The van der Waals surface area contributed by atoms with Gasteiger partial charge in [0.05, 0.1) is 24.6 Å². The molecule has 1 aliphatic carbocycles. The smallest absolute Gasteiger partial charge is 0.258 e. The molecule has 0 radical (unpaired) electrons. The van der Waals surface area contributed by atoms with Crippen molar-refractivity contribution in [3.05, 3.63) is 42.1 Å². The van der Waals surface area contributed by atoms with Crippen LogP contribution in [-0.4, -0.2) is 49.2 Å². The minimum Gasteiger partial charge on any atom is -0.340 e. The van der Waals surface area contributed by atoms with E-state index in [-0.39, 0.29) is 0 Å². The molecule has 0 amide bonds. The van der Waals surface area contributed by atoms with Gasteiger partial charge in [-0.25, -0.2) is 8.78 Å². The maximum Gasteiger partial charge on any atom is 0.258 e. The molecule has 2 aliphatic rings. The van der Waals surface area contributed by atoms with E-state index in [1.807, 2.05) is 39.8 Å². The van der Waals surface area contributed by atoms with E-state index in [1.165, 1.54) is 0 Å². The number of anilines is 1. The molecule has 128 valence electrons. The van der Waals surface area contributed by atoms with Crippen molar-refractivity contribution in [2.45, 2.75) is 12.5 Å². The van der Waals surface area contributed by atoms with Gasteiger partial charge in [-0.05, 0) is 5.56 Å². The Balaban J connectivity index is 1.51. The Morgan fingerprint density at radius 1 is 1.12 bits per heavy atom. The summed E-state index contributed by atoms with van der Waals surface area (Å²) in [5, 5.41) is 19.0. The molecule has 25 heavy (non-hydrogen) atoms. The highest BCUT2D eigenvalue weighted by atomic mass is 19.3. The third kappa shape index (κ3) is 2.22. The first-order valence-corrected chi connectivity index (χ1v) is 8.10. The Morgan fingerprint density at radius 3 is 2.56 bits per heavy atom. The van der Waals surface area contributed by atoms with Gasteiger partial charge in [0, 0.05) is 13.1 Å². The Kier molecular flexibility index (Phi) is 2.94. The van der Waals surface area contributed by atoms with Gasteiger partial charge >= 0.3 is 0 Å². The van der Waals surface area contributed by atoms with Crippen LogP contribution in [0, 0.1) is 11.8 Å². The van der Waals surface area contributed by atoms with Crippen molar-refractivity contribution in [1.82, 2.24) is 30.2 Å². The number of hydrogen-bond acceptors (Lipinski definition) is 5. The Bertz CT molecular complexity index is 877. The van der Waals surface area contributed by atoms with E-state index in [4.69, 9.17) is 0 Å². The average Bonchev–Trinajstić information content (AvgIpc) is 3.18. The number of nitrogens with zero attached hydrogens (tertiary/aromatic N) is 6. The summed E-state index contributed by atoms with van der Waals surface area (Å²) in [5.74, 6) is -2.48. The molecular formula is C16H15F2N7. The lowest BCUT2D eigenvalue weighted by Gasteiger charge is -2.21. The first kappa shape index (κ1) is 14.5. The normalized spacial score (nSPS) is 23.7. The number of rotatable bonds is 4. The molecule has 7 nitrogen and oxygen atoms in total. The third-order valence-electron chi connectivity index (χ3n) is 5.04. The van der Waals surface area contributed by atoms with E-state index in [2.05, 4.69) is 25.6 Å². The van der Waals surface area contributed by atoms with Crippen LogP contribution in [0.4, 0.5) is 14.7 Å². The summed E-state index contributed by atoms with van der Waals surface area (Å²) >= 11 is 0. The molecular weight excluding hydrogens is 328 g/mol. The van der Waals surface area contributed by atoms with E-state index < -0.39 is 17.8 Å². The zero-order chi connectivity index (χ0) is 17.0. The summed E-state index contributed by atoms with van der Waals surface area (Å²) < 4.78 is 28.9. The van der Waals surface area contributed by atoms with E-state index in [0.717, 1.165) is 5.56 Å².